The van der Waals surface area contributed by atoms with Crippen molar-refractivity contribution in [1.29, 1.82) is 0 Å². The lowest BCUT2D eigenvalue weighted by atomic mass is 9.81. The van der Waals surface area contributed by atoms with Crippen molar-refractivity contribution in [3.63, 3.8) is 0 Å². The second-order valence-corrected chi connectivity index (χ2v) is 7.45. The number of carbonyl (C=O) groups is 1. The van der Waals surface area contributed by atoms with E-state index in [1.165, 1.54) is 16.6 Å². The molecule has 1 saturated heterocycles. The molecule has 3 atom stereocenters. The first-order valence-corrected chi connectivity index (χ1v) is 8.89. The first-order chi connectivity index (χ1) is 12.1. The van der Waals surface area contributed by atoms with Gasteiger partial charge in [0.25, 0.3) is 0 Å². The summed E-state index contributed by atoms with van der Waals surface area (Å²) >= 11 is 0. The van der Waals surface area contributed by atoms with Crippen molar-refractivity contribution in [2.45, 2.75) is 37.5 Å². The molecule has 5 heteroatoms. The first kappa shape index (κ1) is 15.2. The summed E-state index contributed by atoms with van der Waals surface area (Å²) in [6.07, 6.45) is 5.14. The third-order valence-corrected chi connectivity index (χ3v) is 6.11. The van der Waals surface area contributed by atoms with Crippen molar-refractivity contribution < 1.29 is 14.3 Å². The highest BCUT2D eigenvalue weighted by atomic mass is 16.5. The molecular formula is C20H22N2O3. The number of aromatic amines is 1. The maximum absolute atomic E-state index is 12.0. The normalized spacial score (nSPS) is 31.5. The van der Waals surface area contributed by atoms with Crippen molar-refractivity contribution in [3.8, 4) is 5.75 Å². The number of allylic oxidation sites excluding steroid dienone is 1. The van der Waals surface area contributed by atoms with Crippen LogP contribution in [0.25, 0.3) is 10.9 Å². The summed E-state index contributed by atoms with van der Waals surface area (Å²) < 4.78 is 11.7. The number of carbonyl (C=O) groups excluding carboxylic acids is 1. The fraction of sp³-hybridized carbons (Fsp3) is 0.450. The molecule has 2 aromatic rings. The van der Waals surface area contributed by atoms with Gasteiger partial charge >= 0.3 is 0 Å². The average molecular weight is 338 g/mol. The van der Waals surface area contributed by atoms with E-state index in [1.807, 2.05) is 12.1 Å². The molecule has 0 bridgehead atoms. The van der Waals surface area contributed by atoms with Crippen LogP contribution in [0.15, 0.2) is 30.4 Å². The Labute approximate surface area is 146 Å². The number of aromatic nitrogens is 1. The molecule has 5 nitrogen and oxygen atoms in total. The summed E-state index contributed by atoms with van der Waals surface area (Å²) in [5.41, 5.74) is 3.37. The van der Waals surface area contributed by atoms with E-state index in [0.717, 1.165) is 24.2 Å². The molecule has 25 heavy (non-hydrogen) atoms. The Hall–Kier alpha value is -2.11. The van der Waals surface area contributed by atoms with Crippen molar-refractivity contribution in [2.24, 2.45) is 0 Å². The van der Waals surface area contributed by atoms with Crippen LogP contribution in [0.2, 0.25) is 0 Å². The Morgan fingerprint density at radius 3 is 3.12 bits per heavy atom. The highest BCUT2D eigenvalue weighted by Gasteiger charge is 2.49. The van der Waals surface area contributed by atoms with Crippen LogP contribution in [0.1, 0.15) is 30.6 Å². The van der Waals surface area contributed by atoms with Crippen molar-refractivity contribution in [3.05, 3.63) is 41.6 Å². The molecule has 1 aromatic carbocycles. The number of hydrogen-bond acceptors (Lipinski definition) is 4. The molecule has 3 unspecified atom stereocenters. The minimum absolute atomic E-state index is 0.109. The number of H-pyrrole nitrogens is 1. The van der Waals surface area contributed by atoms with E-state index in [0.29, 0.717) is 13.0 Å². The largest absolute Gasteiger partial charge is 0.497 e. The van der Waals surface area contributed by atoms with Gasteiger partial charge in [-0.15, -0.1) is 0 Å². The number of fused-ring (bicyclic) bond motifs is 7. The zero-order valence-corrected chi connectivity index (χ0v) is 14.5. The van der Waals surface area contributed by atoms with Crippen LogP contribution in [0.3, 0.4) is 0 Å². The third kappa shape index (κ3) is 2.12. The molecule has 0 radical (unpaired) electrons. The van der Waals surface area contributed by atoms with Crippen LogP contribution in [0.5, 0.6) is 5.75 Å². The standard InChI is InChI=1S/C20H22N2O3/c1-20-7-5-12(23)9-18(20)22-8-6-14-15-10-13(24-2)3-4-16(15)21-19(14)17(22)11-25-20/h3-5,7,10,17-18,21H,6,8-9,11H2,1-2H3. The van der Waals surface area contributed by atoms with Crippen molar-refractivity contribution in [1.82, 2.24) is 9.88 Å². The van der Waals surface area contributed by atoms with Gasteiger partial charge in [0.1, 0.15) is 5.75 Å². The molecular weight excluding hydrogens is 316 g/mol. The predicted molar refractivity (Wildman–Crippen MR) is 94.9 cm³/mol. The van der Waals surface area contributed by atoms with Gasteiger partial charge in [-0.05, 0) is 49.3 Å². The number of nitrogens with one attached hydrogen (secondary N) is 1. The van der Waals surface area contributed by atoms with Gasteiger partial charge in [0.05, 0.1) is 25.4 Å². The molecule has 1 aliphatic carbocycles. The molecule has 3 aliphatic rings. The van der Waals surface area contributed by atoms with E-state index in [2.05, 4.69) is 28.9 Å². The first-order valence-electron chi connectivity index (χ1n) is 8.89. The molecule has 2 aliphatic heterocycles. The highest BCUT2D eigenvalue weighted by molar-refractivity contribution is 5.91. The van der Waals surface area contributed by atoms with E-state index < -0.39 is 0 Å². The Bertz CT molecular complexity index is 900. The Balaban J connectivity index is 1.58. The van der Waals surface area contributed by atoms with E-state index in [4.69, 9.17) is 9.47 Å². The number of nitrogens with zero attached hydrogens (tertiary/aromatic N) is 1. The Morgan fingerprint density at radius 2 is 2.28 bits per heavy atom. The van der Waals surface area contributed by atoms with E-state index in [1.54, 1.807) is 13.2 Å². The number of benzene rings is 1. The summed E-state index contributed by atoms with van der Waals surface area (Å²) in [7, 11) is 1.70. The smallest absolute Gasteiger partial charge is 0.157 e. The van der Waals surface area contributed by atoms with Crippen molar-refractivity contribution >= 4 is 16.7 Å². The number of ether oxygens (including phenoxy) is 2. The molecule has 0 saturated carbocycles. The number of methoxy groups -OCH3 is 1. The lowest BCUT2D eigenvalue weighted by molar-refractivity contribution is -0.154. The number of rotatable bonds is 1. The predicted octanol–water partition coefficient (Wildman–Crippen LogP) is 2.76. The molecule has 3 heterocycles. The summed E-state index contributed by atoms with van der Waals surface area (Å²) in [6.45, 7) is 3.69. The lowest BCUT2D eigenvalue weighted by Crippen LogP contribution is -2.61. The SMILES string of the molecule is COc1ccc2[nH]c3c(c2c1)CCN1C3COC2(C)C=CC(=O)CC12. The third-order valence-electron chi connectivity index (χ3n) is 6.11. The second kappa shape index (κ2) is 5.19. The minimum atomic E-state index is -0.364. The van der Waals surface area contributed by atoms with Gasteiger partial charge in [0.15, 0.2) is 5.78 Å². The van der Waals surface area contributed by atoms with Crippen LogP contribution in [0, 0.1) is 0 Å². The number of hydrogen-bond donors (Lipinski definition) is 1. The molecule has 5 rings (SSSR count). The van der Waals surface area contributed by atoms with Crippen LogP contribution >= 0.6 is 0 Å². The summed E-state index contributed by atoms with van der Waals surface area (Å²) in [5.74, 6) is 1.08. The van der Waals surface area contributed by atoms with Gasteiger partial charge < -0.3 is 14.5 Å². The highest BCUT2D eigenvalue weighted by Crippen LogP contribution is 2.44. The molecule has 1 aromatic heterocycles. The molecule has 130 valence electrons. The maximum Gasteiger partial charge on any atom is 0.157 e. The Kier molecular flexibility index (Phi) is 3.15. The van der Waals surface area contributed by atoms with Gasteiger partial charge in [-0.1, -0.05) is 0 Å². The second-order valence-electron chi connectivity index (χ2n) is 7.45. The summed E-state index contributed by atoms with van der Waals surface area (Å²) in [6, 6.07) is 6.47. The minimum Gasteiger partial charge on any atom is -0.497 e. The fourth-order valence-corrected chi connectivity index (χ4v) is 4.72. The van der Waals surface area contributed by atoms with Crippen LogP contribution in [0.4, 0.5) is 0 Å². The van der Waals surface area contributed by atoms with E-state index >= 15 is 0 Å². The van der Waals surface area contributed by atoms with Gasteiger partial charge in [-0.25, -0.2) is 0 Å². The fourth-order valence-electron chi connectivity index (χ4n) is 4.72. The van der Waals surface area contributed by atoms with Gasteiger partial charge in [0.2, 0.25) is 0 Å². The number of ketones is 1. The molecule has 1 N–H and O–H groups in total. The van der Waals surface area contributed by atoms with Gasteiger partial charge in [-0.3, -0.25) is 9.69 Å². The maximum atomic E-state index is 12.0. The van der Waals surface area contributed by atoms with Crippen LogP contribution in [-0.4, -0.2) is 47.6 Å². The zero-order valence-electron chi connectivity index (χ0n) is 14.5. The topological polar surface area (TPSA) is 54.6 Å². The van der Waals surface area contributed by atoms with E-state index in [9.17, 15) is 4.79 Å². The van der Waals surface area contributed by atoms with Crippen molar-refractivity contribution in [2.75, 3.05) is 20.3 Å². The summed E-state index contributed by atoms with van der Waals surface area (Å²) in [4.78, 5) is 18.1. The lowest BCUT2D eigenvalue weighted by Gasteiger charge is -2.53. The molecule has 0 spiro atoms. The van der Waals surface area contributed by atoms with Gasteiger partial charge in [-0.2, -0.15) is 0 Å². The van der Waals surface area contributed by atoms with E-state index in [-0.39, 0.29) is 23.5 Å². The quantitative estimate of drug-likeness (QED) is 0.869. The van der Waals surface area contributed by atoms with Gasteiger partial charge in [0, 0.05) is 35.6 Å². The Morgan fingerprint density at radius 1 is 1.40 bits per heavy atom. The molecule has 1 fully saturated rings. The summed E-state index contributed by atoms with van der Waals surface area (Å²) in [5, 5.41) is 1.24. The molecule has 0 amide bonds. The van der Waals surface area contributed by atoms with Crippen LogP contribution in [-0.2, 0) is 16.0 Å². The zero-order chi connectivity index (χ0) is 17.2. The number of morpholine rings is 1. The average Bonchev–Trinajstić information content (AvgIpc) is 3.00. The van der Waals surface area contributed by atoms with Crippen LogP contribution < -0.4 is 4.74 Å². The monoisotopic (exact) mass is 338 g/mol.